The van der Waals surface area contributed by atoms with Gasteiger partial charge in [-0.15, -0.1) is 0 Å². The summed E-state index contributed by atoms with van der Waals surface area (Å²) in [4.78, 5) is 11.7. The van der Waals surface area contributed by atoms with Gasteiger partial charge in [-0.25, -0.2) is 0 Å². The summed E-state index contributed by atoms with van der Waals surface area (Å²) < 4.78 is 0. The largest absolute Gasteiger partial charge is 0.392 e. The number of hydrogen-bond donors (Lipinski definition) is 3. The van der Waals surface area contributed by atoms with Gasteiger partial charge in [-0.3, -0.25) is 4.79 Å². The molecule has 1 fully saturated rings. The van der Waals surface area contributed by atoms with Crippen molar-refractivity contribution in [2.45, 2.75) is 44.4 Å². The van der Waals surface area contributed by atoms with Crippen LogP contribution in [0.4, 0.5) is 0 Å². The van der Waals surface area contributed by atoms with Crippen LogP contribution in [-0.2, 0) is 11.3 Å². The van der Waals surface area contributed by atoms with E-state index in [1.807, 2.05) is 30.3 Å². The van der Waals surface area contributed by atoms with Crippen LogP contribution in [0.1, 0.15) is 31.2 Å². The Morgan fingerprint density at radius 3 is 2.68 bits per heavy atom. The molecule has 2 atom stereocenters. The van der Waals surface area contributed by atoms with E-state index in [4.69, 9.17) is 0 Å². The lowest BCUT2D eigenvalue weighted by atomic mass is 9.93. The highest BCUT2D eigenvalue weighted by Gasteiger charge is 2.22. The minimum Gasteiger partial charge on any atom is -0.392 e. The van der Waals surface area contributed by atoms with E-state index in [2.05, 4.69) is 10.6 Å². The second-order valence-corrected chi connectivity index (χ2v) is 5.10. The number of carbonyl (C=O) groups excluding carboxylic acids is 1. The number of hydrogen-bond acceptors (Lipinski definition) is 3. The first kappa shape index (κ1) is 14.0. The fourth-order valence-corrected chi connectivity index (χ4v) is 2.43. The van der Waals surface area contributed by atoms with Gasteiger partial charge in [0.25, 0.3) is 0 Å². The van der Waals surface area contributed by atoms with Crippen LogP contribution in [0, 0.1) is 0 Å². The summed E-state index contributed by atoms with van der Waals surface area (Å²) in [6.45, 7) is 0.823. The molecule has 1 aromatic carbocycles. The maximum atomic E-state index is 11.7. The van der Waals surface area contributed by atoms with Crippen molar-refractivity contribution in [1.82, 2.24) is 10.6 Å². The van der Waals surface area contributed by atoms with E-state index in [0.717, 1.165) is 31.2 Å². The summed E-state index contributed by atoms with van der Waals surface area (Å²) in [5.41, 5.74) is 1.09. The summed E-state index contributed by atoms with van der Waals surface area (Å²) in [6.07, 6.45) is 3.69. The topological polar surface area (TPSA) is 61.4 Å². The average molecular weight is 262 g/mol. The van der Waals surface area contributed by atoms with Gasteiger partial charge >= 0.3 is 0 Å². The molecule has 19 heavy (non-hydrogen) atoms. The zero-order valence-electron chi connectivity index (χ0n) is 11.1. The van der Waals surface area contributed by atoms with Crippen molar-refractivity contribution in [3.05, 3.63) is 35.9 Å². The lowest BCUT2D eigenvalue weighted by Crippen LogP contribution is -2.46. The highest BCUT2D eigenvalue weighted by Crippen LogP contribution is 2.17. The van der Waals surface area contributed by atoms with Crippen molar-refractivity contribution in [3.8, 4) is 0 Å². The van der Waals surface area contributed by atoms with Crippen LogP contribution in [0.2, 0.25) is 0 Å². The molecule has 1 amide bonds. The Hall–Kier alpha value is -1.39. The fourth-order valence-electron chi connectivity index (χ4n) is 2.43. The van der Waals surface area contributed by atoms with E-state index in [1.165, 1.54) is 0 Å². The van der Waals surface area contributed by atoms with Gasteiger partial charge in [0.15, 0.2) is 0 Å². The van der Waals surface area contributed by atoms with E-state index < -0.39 is 0 Å². The summed E-state index contributed by atoms with van der Waals surface area (Å²) in [7, 11) is 0. The maximum absolute atomic E-state index is 11.7. The normalized spacial score (nSPS) is 23.0. The van der Waals surface area contributed by atoms with Crippen molar-refractivity contribution in [2.24, 2.45) is 0 Å². The molecule has 3 N–H and O–H groups in total. The Kier molecular flexibility index (Phi) is 5.36. The van der Waals surface area contributed by atoms with Gasteiger partial charge in [0, 0.05) is 12.6 Å². The molecule has 0 aromatic heterocycles. The highest BCUT2D eigenvalue weighted by molar-refractivity contribution is 5.78. The minimum absolute atomic E-state index is 0.0263. The van der Waals surface area contributed by atoms with E-state index in [1.54, 1.807) is 0 Å². The lowest BCUT2D eigenvalue weighted by molar-refractivity contribution is -0.120. The zero-order valence-corrected chi connectivity index (χ0v) is 11.1. The molecule has 1 aliphatic carbocycles. The van der Waals surface area contributed by atoms with Gasteiger partial charge in [-0.2, -0.15) is 0 Å². The molecule has 0 bridgehead atoms. The van der Waals surface area contributed by atoms with Gasteiger partial charge in [-0.05, 0) is 18.4 Å². The number of aliphatic hydroxyl groups is 1. The van der Waals surface area contributed by atoms with E-state index in [9.17, 15) is 9.90 Å². The van der Waals surface area contributed by atoms with Crippen molar-refractivity contribution < 1.29 is 9.90 Å². The summed E-state index contributed by atoms with van der Waals surface area (Å²) in [6, 6.07) is 9.90. The van der Waals surface area contributed by atoms with E-state index in [0.29, 0.717) is 6.54 Å². The second-order valence-electron chi connectivity index (χ2n) is 5.10. The zero-order chi connectivity index (χ0) is 13.5. The quantitative estimate of drug-likeness (QED) is 0.747. The van der Waals surface area contributed by atoms with Crippen LogP contribution in [0.15, 0.2) is 30.3 Å². The Bertz CT molecular complexity index is 394. The molecule has 0 radical (unpaired) electrons. The van der Waals surface area contributed by atoms with Gasteiger partial charge in [-0.1, -0.05) is 43.2 Å². The summed E-state index contributed by atoms with van der Waals surface area (Å²) in [5.74, 6) is -0.0263. The SMILES string of the molecule is O=C(CN[C@@H]1CCCC[C@H]1O)NCc1ccccc1. The summed E-state index contributed by atoms with van der Waals surface area (Å²) >= 11 is 0. The molecule has 1 aromatic rings. The molecule has 4 heteroatoms. The van der Waals surface area contributed by atoms with Crippen LogP contribution in [0.3, 0.4) is 0 Å². The highest BCUT2D eigenvalue weighted by atomic mass is 16.3. The molecule has 4 nitrogen and oxygen atoms in total. The number of rotatable bonds is 5. The number of aliphatic hydroxyl groups excluding tert-OH is 1. The third-order valence-electron chi connectivity index (χ3n) is 3.59. The molecule has 0 aliphatic heterocycles. The van der Waals surface area contributed by atoms with E-state index in [-0.39, 0.29) is 24.6 Å². The minimum atomic E-state index is -0.310. The fraction of sp³-hybridized carbons (Fsp3) is 0.533. The van der Waals surface area contributed by atoms with Gasteiger partial charge in [0.05, 0.1) is 12.6 Å². The smallest absolute Gasteiger partial charge is 0.234 e. The second kappa shape index (κ2) is 7.26. The molecule has 1 aliphatic rings. The molecule has 104 valence electrons. The number of carbonyl (C=O) groups is 1. The first-order valence-corrected chi connectivity index (χ1v) is 6.98. The molecule has 0 unspecified atom stereocenters. The van der Waals surface area contributed by atoms with Gasteiger partial charge in [0.2, 0.25) is 5.91 Å². The molecule has 0 spiro atoms. The first-order chi connectivity index (χ1) is 9.25. The van der Waals surface area contributed by atoms with Crippen LogP contribution in [0.5, 0.6) is 0 Å². The molecule has 0 saturated heterocycles. The van der Waals surface area contributed by atoms with Crippen molar-refractivity contribution >= 4 is 5.91 Å². The average Bonchev–Trinajstić information content (AvgIpc) is 2.45. The molecular weight excluding hydrogens is 240 g/mol. The van der Waals surface area contributed by atoms with Crippen LogP contribution in [0.25, 0.3) is 0 Å². The number of benzene rings is 1. The van der Waals surface area contributed by atoms with Crippen LogP contribution >= 0.6 is 0 Å². The van der Waals surface area contributed by atoms with Crippen LogP contribution in [-0.4, -0.2) is 29.7 Å². The maximum Gasteiger partial charge on any atom is 0.234 e. The van der Waals surface area contributed by atoms with Gasteiger partial charge < -0.3 is 15.7 Å². The van der Waals surface area contributed by atoms with Crippen molar-refractivity contribution in [3.63, 3.8) is 0 Å². The third kappa shape index (κ3) is 4.65. The third-order valence-corrected chi connectivity index (χ3v) is 3.59. The summed E-state index contributed by atoms with van der Waals surface area (Å²) in [5, 5.41) is 15.8. The van der Waals surface area contributed by atoms with Crippen molar-refractivity contribution in [1.29, 1.82) is 0 Å². The van der Waals surface area contributed by atoms with Gasteiger partial charge in [0.1, 0.15) is 0 Å². The molecule has 1 saturated carbocycles. The molecule has 0 heterocycles. The van der Waals surface area contributed by atoms with E-state index >= 15 is 0 Å². The van der Waals surface area contributed by atoms with Crippen molar-refractivity contribution in [2.75, 3.05) is 6.54 Å². The first-order valence-electron chi connectivity index (χ1n) is 6.98. The Labute approximate surface area is 114 Å². The molecule has 2 rings (SSSR count). The lowest BCUT2D eigenvalue weighted by Gasteiger charge is -2.28. The molecular formula is C15H22N2O2. The Balaban J connectivity index is 1.67. The number of amides is 1. The Morgan fingerprint density at radius 2 is 1.95 bits per heavy atom. The predicted octanol–water partition coefficient (Wildman–Crippen LogP) is 1.20. The standard InChI is InChI=1S/C15H22N2O2/c18-14-9-5-4-8-13(14)16-11-15(19)17-10-12-6-2-1-3-7-12/h1-3,6-7,13-14,16,18H,4-5,8-11H2,(H,17,19)/t13-,14-/m1/s1. The predicted molar refractivity (Wildman–Crippen MR) is 74.6 cm³/mol. The monoisotopic (exact) mass is 262 g/mol. The number of nitrogens with one attached hydrogen (secondary N) is 2. The Morgan fingerprint density at radius 1 is 1.21 bits per heavy atom. The van der Waals surface area contributed by atoms with Crippen LogP contribution < -0.4 is 10.6 Å².